The SMILES string of the molecule is CC(O)C(NC(=O)C(N)CCCN=C(N)N)C(=O)NC(C(=O)NC(CS)C(=O)O)C(C)O. The Balaban J connectivity index is 5.14. The Morgan fingerprint density at radius 2 is 1.41 bits per heavy atom. The number of carboxylic acid groups (broad SMARTS) is 1. The number of aliphatic carboxylic acids is 1. The lowest BCUT2D eigenvalue weighted by molar-refractivity contribution is -0.142. The van der Waals surface area contributed by atoms with Crippen molar-refractivity contribution in [3.63, 3.8) is 0 Å². The molecule has 0 aliphatic carbocycles. The summed E-state index contributed by atoms with van der Waals surface area (Å²) in [5, 5.41) is 35.4. The molecule has 184 valence electrons. The van der Waals surface area contributed by atoms with Gasteiger partial charge in [0.15, 0.2) is 5.96 Å². The summed E-state index contributed by atoms with van der Waals surface area (Å²) in [6, 6.07) is -5.44. The Morgan fingerprint density at radius 1 is 0.938 bits per heavy atom. The number of nitrogens with zero attached hydrogens (tertiary/aromatic N) is 1. The molecule has 0 aliphatic heterocycles. The van der Waals surface area contributed by atoms with Crippen LogP contribution in [0.2, 0.25) is 0 Å². The first-order valence-electron chi connectivity index (χ1n) is 9.73. The second kappa shape index (κ2) is 14.4. The molecule has 32 heavy (non-hydrogen) atoms. The topological polar surface area (TPSA) is 255 Å². The number of carbonyl (C=O) groups is 4. The van der Waals surface area contributed by atoms with E-state index in [0.717, 1.165) is 0 Å². The predicted octanol–water partition coefficient (Wildman–Crippen LogP) is -4.40. The van der Waals surface area contributed by atoms with E-state index in [0.29, 0.717) is 6.42 Å². The quantitative estimate of drug-likeness (QED) is 0.0495. The second-order valence-corrected chi connectivity index (χ2v) is 7.46. The molecule has 0 rings (SSSR count). The van der Waals surface area contributed by atoms with Crippen LogP contribution in [0.3, 0.4) is 0 Å². The van der Waals surface area contributed by atoms with Crippen LogP contribution in [-0.2, 0) is 19.2 Å². The fourth-order valence-corrected chi connectivity index (χ4v) is 2.66. The molecule has 0 bridgehead atoms. The number of aliphatic imine (C=N–C) groups is 1. The summed E-state index contributed by atoms with van der Waals surface area (Å²) in [7, 11) is 0. The fourth-order valence-electron chi connectivity index (χ4n) is 2.41. The summed E-state index contributed by atoms with van der Waals surface area (Å²) in [6.07, 6.45) is -2.22. The van der Waals surface area contributed by atoms with Crippen molar-refractivity contribution >= 4 is 42.3 Å². The highest BCUT2D eigenvalue weighted by Gasteiger charge is 2.34. The van der Waals surface area contributed by atoms with Gasteiger partial charge in [0, 0.05) is 12.3 Å². The average molecular weight is 480 g/mol. The lowest BCUT2D eigenvalue weighted by Gasteiger charge is -2.27. The molecular formula is C17H33N7O7S. The summed E-state index contributed by atoms with van der Waals surface area (Å²) in [6.45, 7) is 2.68. The Labute approximate surface area is 190 Å². The normalized spacial score (nSPS) is 16.4. The number of carbonyl (C=O) groups excluding carboxylic acids is 3. The standard InChI is InChI=1S/C17H33N7O7S/c1-7(25)11(14(28)22-10(6-32)16(30)31)24-15(29)12(8(2)26)23-13(27)9(18)4-3-5-21-17(19)20/h7-12,25-26,32H,3-6,18H2,1-2H3,(H,22,28)(H,23,27)(H,24,29)(H,30,31)(H4,19,20,21). The van der Waals surface area contributed by atoms with Gasteiger partial charge in [0.2, 0.25) is 17.7 Å². The van der Waals surface area contributed by atoms with E-state index in [4.69, 9.17) is 22.3 Å². The summed E-state index contributed by atoms with van der Waals surface area (Å²) in [5.41, 5.74) is 16.2. The van der Waals surface area contributed by atoms with Crippen molar-refractivity contribution < 1.29 is 34.5 Å². The maximum Gasteiger partial charge on any atom is 0.327 e. The summed E-state index contributed by atoms with van der Waals surface area (Å²) in [5.74, 6) is -4.40. The van der Waals surface area contributed by atoms with Gasteiger partial charge in [-0.05, 0) is 26.7 Å². The molecule has 0 aromatic heterocycles. The maximum absolute atomic E-state index is 12.6. The van der Waals surface area contributed by atoms with E-state index in [2.05, 4.69) is 33.6 Å². The van der Waals surface area contributed by atoms with E-state index in [-0.39, 0.29) is 24.7 Å². The van der Waals surface area contributed by atoms with Crippen LogP contribution in [0, 0.1) is 0 Å². The largest absolute Gasteiger partial charge is 0.480 e. The zero-order valence-corrected chi connectivity index (χ0v) is 18.8. The number of thiol groups is 1. The third kappa shape index (κ3) is 10.6. The van der Waals surface area contributed by atoms with Gasteiger partial charge < -0.3 is 48.5 Å². The van der Waals surface area contributed by atoms with Crippen molar-refractivity contribution in [1.82, 2.24) is 16.0 Å². The van der Waals surface area contributed by atoms with Gasteiger partial charge in [-0.3, -0.25) is 19.4 Å². The fraction of sp³-hybridized carbons (Fsp3) is 0.706. The second-order valence-electron chi connectivity index (χ2n) is 7.09. The smallest absolute Gasteiger partial charge is 0.327 e. The highest BCUT2D eigenvalue weighted by Crippen LogP contribution is 2.02. The van der Waals surface area contributed by atoms with Crippen molar-refractivity contribution in [2.24, 2.45) is 22.2 Å². The molecule has 3 amide bonds. The molecule has 0 saturated carbocycles. The van der Waals surface area contributed by atoms with Gasteiger partial charge in [-0.25, -0.2) is 4.79 Å². The number of guanidine groups is 1. The summed E-state index contributed by atoms with van der Waals surface area (Å²) >= 11 is 3.82. The van der Waals surface area contributed by atoms with Crippen LogP contribution in [0.1, 0.15) is 26.7 Å². The lowest BCUT2D eigenvalue weighted by Crippen LogP contribution is -2.62. The number of hydrogen-bond donors (Lipinski definition) is 10. The molecule has 0 aromatic rings. The van der Waals surface area contributed by atoms with E-state index >= 15 is 0 Å². The molecule has 0 aliphatic rings. The van der Waals surface area contributed by atoms with Crippen molar-refractivity contribution in [3.8, 4) is 0 Å². The molecule has 6 atom stereocenters. The van der Waals surface area contributed by atoms with E-state index in [1.54, 1.807) is 0 Å². The van der Waals surface area contributed by atoms with E-state index in [1.165, 1.54) is 13.8 Å². The van der Waals surface area contributed by atoms with E-state index in [1.807, 2.05) is 0 Å². The highest BCUT2D eigenvalue weighted by molar-refractivity contribution is 7.80. The number of aliphatic hydroxyl groups excluding tert-OH is 2. The van der Waals surface area contributed by atoms with Crippen LogP contribution in [0.25, 0.3) is 0 Å². The zero-order valence-electron chi connectivity index (χ0n) is 17.9. The Kier molecular flexibility index (Phi) is 13.3. The van der Waals surface area contributed by atoms with Crippen LogP contribution < -0.4 is 33.2 Å². The minimum atomic E-state index is -1.56. The molecular weight excluding hydrogens is 446 g/mol. The number of nitrogens with two attached hydrogens (primary N) is 3. The van der Waals surface area contributed by atoms with Gasteiger partial charge >= 0.3 is 5.97 Å². The van der Waals surface area contributed by atoms with Gasteiger partial charge in [0.05, 0.1) is 18.2 Å². The monoisotopic (exact) mass is 479 g/mol. The van der Waals surface area contributed by atoms with Crippen molar-refractivity contribution in [1.29, 1.82) is 0 Å². The van der Waals surface area contributed by atoms with Crippen molar-refractivity contribution in [2.45, 2.75) is 63.1 Å². The van der Waals surface area contributed by atoms with Gasteiger partial charge in [0.25, 0.3) is 0 Å². The number of aliphatic hydroxyl groups is 2. The molecule has 14 nitrogen and oxygen atoms in total. The Hall–Kier alpha value is -2.62. The summed E-state index contributed by atoms with van der Waals surface area (Å²) in [4.78, 5) is 52.0. The first-order chi connectivity index (χ1) is 14.8. The van der Waals surface area contributed by atoms with Gasteiger partial charge in [-0.2, -0.15) is 12.6 Å². The minimum absolute atomic E-state index is 0.102. The minimum Gasteiger partial charge on any atom is -0.480 e. The third-order valence-corrected chi connectivity index (χ3v) is 4.59. The Morgan fingerprint density at radius 3 is 1.81 bits per heavy atom. The number of amides is 3. The molecule has 12 N–H and O–H groups in total. The summed E-state index contributed by atoms with van der Waals surface area (Å²) < 4.78 is 0. The predicted molar refractivity (Wildman–Crippen MR) is 119 cm³/mol. The first-order valence-corrected chi connectivity index (χ1v) is 10.4. The average Bonchev–Trinajstić information content (AvgIpc) is 2.69. The molecule has 0 heterocycles. The zero-order chi connectivity index (χ0) is 25.0. The number of carboxylic acids is 1. The molecule has 6 unspecified atom stereocenters. The third-order valence-electron chi connectivity index (χ3n) is 4.23. The first kappa shape index (κ1) is 29.4. The molecule has 0 saturated heterocycles. The number of nitrogens with one attached hydrogen (secondary N) is 3. The van der Waals surface area contributed by atoms with Crippen molar-refractivity contribution in [3.05, 3.63) is 0 Å². The van der Waals surface area contributed by atoms with E-state index in [9.17, 15) is 29.4 Å². The van der Waals surface area contributed by atoms with Crippen LogP contribution in [0.4, 0.5) is 0 Å². The van der Waals surface area contributed by atoms with Gasteiger partial charge in [0.1, 0.15) is 18.1 Å². The number of hydrogen-bond acceptors (Lipinski definition) is 9. The highest BCUT2D eigenvalue weighted by atomic mass is 32.1. The van der Waals surface area contributed by atoms with Gasteiger partial charge in [-0.15, -0.1) is 0 Å². The van der Waals surface area contributed by atoms with Crippen LogP contribution >= 0.6 is 12.6 Å². The van der Waals surface area contributed by atoms with Crippen LogP contribution in [0.5, 0.6) is 0 Å². The molecule has 0 spiro atoms. The molecule has 0 aromatic carbocycles. The molecule has 0 fully saturated rings. The van der Waals surface area contributed by atoms with Gasteiger partial charge in [-0.1, -0.05) is 0 Å². The van der Waals surface area contributed by atoms with Crippen LogP contribution in [-0.4, -0.2) is 93.6 Å². The van der Waals surface area contributed by atoms with E-state index < -0.39 is 60.1 Å². The van der Waals surface area contributed by atoms with Crippen LogP contribution in [0.15, 0.2) is 4.99 Å². The number of rotatable bonds is 14. The maximum atomic E-state index is 12.6. The lowest BCUT2D eigenvalue weighted by atomic mass is 10.1. The van der Waals surface area contributed by atoms with Crippen molar-refractivity contribution in [2.75, 3.05) is 12.3 Å². The Bertz CT molecular complexity index is 686. The molecule has 15 heteroatoms. The molecule has 0 radical (unpaired) electrons.